The van der Waals surface area contributed by atoms with E-state index in [1.807, 2.05) is 6.07 Å². The van der Waals surface area contributed by atoms with Gasteiger partial charge in [0.05, 0.1) is 17.4 Å². The van der Waals surface area contributed by atoms with Crippen molar-refractivity contribution in [1.29, 1.82) is 5.26 Å². The molecule has 17 heavy (non-hydrogen) atoms. The van der Waals surface area contributed by atoms with Crippen molar-refractivity contribution in [3.05, 3.63) is 17.8 Å². The number of nitrogens with two attached hydrogens (primary N) is 1. The first-order valence-electron chi connectivity index (χ1n) is 5.68. The van der Waals surface area contributed by atoms with Crippen molar-refractivity contribution < 1.29 is 4.74 Å². The fraction of sp³-hybridized carbons (Fsp3) is 0.500. The number of rotatable bonds is 2. The minimum atomic E-state index is 0.237. The fourth-order valence-corrected chi connectivity index (χ4v) is 2.12. The maximum atomic E-state index is 8.76. The van der Waals surface area contributed by atoms with E-state index >= 15 is 0 Å². The highest BCUT2D eigenvalue weighted by Gasteiger charge is 2.21. The molecule has 1 atom stereocenters. The summed E-state index contributed by atoms with van der Waals surface area (Å²) >= 11 is 0. The average Bonchev–Trinajstić information content (AvgIpc) is 2.38. The molecule has 1 fully saturated rings. The van der Waals surface area contributed by atoms with Crippen molar-refractivity contribution in [2.75, 3.05) is 30.8 Å². The molecular weight excluding hydrogens is 216 g/mol. The molecule has 1 aliphatic rings. The summed E-state index contributed by atoms with van der Waals surface area (Å²) in [6.45, 7) is 1.74. The molecule has 1 aromatic rings. The minimum absolute atomic E-state index is 0.237. The fourth-order valence-electron chi connectivity index (χ4n) is 2.12. The monoisotopic (exact) mass is 232 g/mol. The summed E-state index contributed by atoms with van der Waals surface area (Å²) in [5.74, 6) is 0.755. The highest BCUT2D eigenvalue weighted by atomic mass is 16.5. The molecule has 2 N–H and O–H groups in total. The molecule has 0 aliphatic carbocycles. The Bertz CT molecular complexity index is 441. The Balaban J connectivity index is 2.19. The quantitative estimate of drug-likeness (QED) is 0.827. The number of hydrogen-bond donors (Lipinski definition) is 1. The molecule has 0 aromatic carbocycles. The summed E-state index contributed by atoms with van der Waals surface area (Å²) in [5.41, 5.74) is 6.97. The van der Waals surface area contributed by atoms with Crippen molar-refractivity contribution in [3.8, 4) is 6.07 Å². The van der Waals surface area contributed by atoms with Gasteiger partial charge in [-0.2, -0.15) is 5.26 Å². The topological polar surface area (TPSA) is 75.2 Å². The van der Waals surface area contributed by atoms with Crippen LogP contribution in [0.4, 0.5) is 11.5 Å². The lowest BCUT2D eigenvalue weighted by Crippen LogP contribution is -2.40. The molecule has 1 saturated heterocycles. The molecule has 2 rings (SSSR count). The van der Waals surface area contributed by atoms with E-state index < -0.39 is 0 Å². The van der Waals surface area contributed by atoms with Crippen molar-refractivity contribution in [1.82, 2.24) is 4.98 Å². The van der Waals surface area contributed by atoms with Gasteiger partial charge in [-0.05, 0) is 18.9 Å². The average molecular weight is 232 g/mol. The normalized spacial score (nSPS) is 20.0. The summed E-state index contributed by atoms with van der Waals surface area (Å²) in [6.07, 6.45) is 3.94. The van der Waals surface area contributed by atoms with Crippen LogP contribution in [-0.2, 0) is 4.74 Å². The number of piperidine rings is 1. The van der Waals surface area contributed by atoms with Crippen LogP contribution in [0.1, 0.15) is 18.4 Å². The van der Waals surface area contributed by atoms with E-state index in [1.54, 1.807) is 19.4 Å². The number of hydrogen-bond acceptors (Lipinski definition) is 5. The van der Waals surface area contributed by atoms with Crippen LogP contribution in [0.3, 0.4) is 0 Å². The van der Waals surface area contributed by atoms with Gasteiger partial charge in [-0.25, -0.2) is 4.98 Å². The van der Waals surface area contributed by atoms with Gasteiger partial charge in [-0.1, -0.05) is 0 Å². The van der Waals surface area contributed by atoms with E-state index in [0.29, 0.717) is 11.3 Å². The van der Waals surface area contributed by atoms with E-state index in [4.69, 9.17) is 15.7 Å². The predicted molar refractivity (Wildman–Crippen MR) is 65.6 cm³/mol. The Labute approximate surface area is 101 Å². The summed E-state index contributed by atoms with van der Waals surface area (Å²) in [5, 5.41) is 8.76. The molecule has 1 unspecified atom stereocenters. The van der Waals surface area contributed by atoms with Gasteiger partial charge < -0.3 is 15.4 Å². The smallest absolute Gasteiger partial charge is 0.151 e. The first-order valence-corrected chi connectivity index (χ1v) is 5.68. The second-order valence-electron chi connectivity index (χ2n) is 4.19. The maximum absolute atomic E-state index is 8.76. The van der Waals surface area contributed by atoms with Crippen LogP contribution < -0.4 is 10.6 Å². The standard InChI is InChI=1S/C12H16N4O/c1-17-10-3-2-4-16(8-10)12-11(14)5-9(6-13)7-15-12/h5,7,10H,2-4,8,14H2,1H3. The highest BCUT2D eigenvalue weighted by molar-refractivity contribution is 5.64. The van der Waals surface area contributed by atoms with E-state index in [0.717, 1.165) is 31.7 Å². The summed E-state index contributed by atoms with van der Waals surface area (Å²) in [6, 6.07) is 3.70. The Morgan fingerprint density at radius 3 is 3.12 bits per heavy atom. The zero-order valence-electron chi connectivity index (χ0n) is 9.89. The van der Waals surface area contributed by atoms with Crippen LogP contribution in [-0.4, -0.2) is 31.3 Å². The molecule has 2 heterocycles. The second kappa shape index (κ2) is 5.02. The van der Waals surface area contributed by atoms with Crippen LogP contribution in [0.5, 0.6) is 0 Å². The molecular formula is C12H16N4O. The van der Waals surface area contributed by atoms with Gasteiger partial charge in [0.25, 0.3) is 0 Å². The molecule has 90 valence electrons. The van der Waals surface area contributed by atoms with Crippen LogP contribution in [0, 0.1) is 11.3 Å². The molecule has 5 heteroatoms. The van der Waals surface area contributed by atoms with E-state index in [2.05, 4.69) is 9.88 Å². The van der Waals surface area contributed by atoms with Gasteiger partial charge in [0.1, 0.15) is 6.07 Å². The maximum Gasteiger partial charge on any atom is 0.151 e. The van der Waals surface area contributed by atoms with Gasteiger partial charge in [-0.3, -0.25) is 0 Å². The van der Waals surface area contributed by atoms with Crippen LogP contribution in [0.2, 0.25) is 0 Å². The zero-order chi connectivity index (χ0) is 12.3. The van der Waals surface area contributed by atoms with Gasteiger partial charge in [0.2, 0.25) is 0 Å². The lowest BCUT2D eigenvalue weighted by atomic mass is 10.1. The molecule has 1 aromatic heterocycles. The molecule has 5 nitrogen and oxygen atoms in total. The highest BCUT2D eigenvalue weighted by Crippen LogP contribution is 2.25. The number of nitriles is 1. The third-order valence-corrected chi connectivity index (χ3v) is 3.04. The number of methoxy groups -OCH3 is 1. The van der Waals surface area contributed by atoms with Crippen molar-refractivity contribution in [3.63, 3.8) is 0 Å². The Morgan fingerprint density at radius 2 is 2.47 bits per heavy atom. The number of ether oxygens (including phenoxy) is 1. The van der Waals surface area contributed by atoms with E-state index in [-0.39, 0.29) is 6.10 Å². The molecule has 0 bridgehead atoms. The second-order valence-corrected chi connectivity index (χ2v) is 4.19. The Hall–Kier alpha value is -1.80. The third kappa shape index (κ3) is 2.48. The van der Waals surface area contributed by atoms with Crippen LogP contribution in [0.25, 0.3) is 0 Å². The van der Waals surface area contributed by atoms with Crippen molar-refractivity contribution >= 4 is 11.5 Å². The Kier molecular flexibility index (Phi) is 3.45. The SMILES string of the molecule is COC1CCCN(c2ncc(C#N)cc2N)C1. The number of pyridine rings is 1. The predicted octanol–water partition coefficient (Wildman–Crippen LogP) is 1.15. The summed E-state index contributed by atoms with van der Waals surface area (Å²) in [4.78, 5) is 6.38. The summed E-state index contributed by atoms with van der Waals surface area (Å²) in [7, 11) is 1.73. The first-order chi connectivity index (χ1) is 8.24. The molecule has 0 spiro atoms. The van der Waals surface area contributed by atoms with Gasteiger partial charge in [0.15, 0.2) is 5.82 Å². The van der Waals surface area contributed by atoms with Gasteiger partial charge in [0, 0.05) is 26.4 Å². The number of nitrogen functional groups attached to an aromatic ring is 1. The van der Waals surface area contributed by atoms with Gasteiger partial charge in [-0.15, -0.1) is 0 Å². The number of nitrogens with zero attached hydrogens (tertiary/aromatic N) is 3. The molecule has 1 aliphatic heterocycles. The van der Waals surface area contributed by atoms with E-state index in [9.17, 15) is 0 Å². The van der Waals surface area contributed by atoms with Crippen molar-refractivity contribution in [2.24, 2.45) is 0 Å². The first kappa shape index (κ1) is 11.7. The van der Waals surface area contributed by atoms with Crippen molar-refractivity contribution in [2.45, 2.75) is 18.9 Å². The number of aromatic nitrogens is 1. The van der Waals surface area contributed by atoms with Gasteiger partial charge >= 0.3 is 0 Å². The number of anilines is 2. The third-order valence-electron chi connectivity index (χ3n) is 3.04. The minimum Gasteiger partial charge on any atom is -0.396 e. The van der Waals surface area contributed by atoms with E-state index in [1.165, 1.54) is 0 Å². The lowest BCUT2D eigenvalue weighted by Gasteiger charge is -2.33. The largest absolute Gasteiger partial charge is 0.396 e. The lowest BCUT2D eigenvalue weighted by molar-refractivity contribution is 0.0892. The molecule has 0 saturated carbocycles. The summed E-state index contributed by atoms with van der Waals surface area (Å²) < 4.78 is 5.37. The molecule has 0 radical (unpaired) electrons. The van der Waals surface area contributed by atoms with Crippen LogP contribution in [0.15, 0.2) is 12.3 Å². The Morgan fingerprint density at radius 1 is 1.65 bits per heavy atom. The molecule has 0 amide bonds. The van der Waals surface area contributed by atoms with Crippen LogP contribution >= 0.6 is 0 Å². The zero-order valence-corrected chi connectivity index (χ0v) is 9.89.